The molecular formula is C10H15NO4. The highest BCUT2D eigenvalue weighted by molar-refractivity contribution is 5.82. The summed E-state index contributed by atoms with van der Waals surface area (Å²) in [5, 5.41) is 9.07. The minimum absolute atomic E-state index is 0.0137. The number of hydrogen-bond acceptors (Lipinski definition) is 3. The van der Waals surface area contributed by atoms with Gasteiger partial charge in [0.15, 0.2) is 0 Å². The third-order valence-electron chi connectivity index (χ3n) is 3.19. The van der Waals surface area contributed by atoms with Crippen molar-refractivity contribution in [1.82, 2.24) is 4.90 Å². The SMILES string of the molecule is CC(OC(=O)N1CCC1)(C(=O)O)C1CC1. The number of aliphatic carboxylic acids is 1. The lowest BCUT2D eigenvalue weighted by Crippen LogP contribution is -2.49. The molecule has 0 aromatic rings. The average molecular weight is 213 g/mol. The Bertz CT molecular complexity index is 296. The number of nitrogens with zero attached hydrogens (tertiary/aromatic N) is 1. The molecule has 5 nitrogen and oxygen atoms in total. The molecule has 1 heterocycles. The largest absolute Gasteiger partial charge is 0.478 e. The first-order chi connectivity index (χ1) is 7.04. The highest BCUT2D eigenvalue weighted by Crippen LogP contribution is 2.42. The topological polar surface area (TPSA) is 66.8 Å². The summed E-state index contributed by atoms with van der Waals surface area (Å²) >= 11 is 0. The zero-order chi connectivity index (χ0) is 11.1. The fraction of sp³-hybridized carbons (Fsp3) is 0.800. The lowest BCUT2D eigenvalue weighted by Gasteiger charge is -2.34. The highest BCUT2D eigenvalue weighted by Gasteiger charge is 2.51. The summed E-state index contributed by atoms with van der Waals surface area (Å²) in [6, 6.07) is 0. The van der Waals surface area contributed by atoms with E-state index in [1.54, 1.807) is 0 Å². The maximum Gasteiger partial charge on any atom is 0.410 e. The normalized spacial score (nSPS) is 23.9. The fourth-order valence-corrected chi connectivity index (χ4v) is 1.68. The van der Waals surface area contributed by atoms with Crippen LogP contribution in [0.2, 0.25) is 0 Å². The second-order valence-corrected chi connectivity index (χ2v) is 4.40. The van der Waals surface area contributed by atoms with Crippen LogP contribution in [0.3, 0.4) is 0 Å². The number of likely N-dealkylation sites (tertiary alicyclic amines) is 1. The van der Waals surface area contributed by atoms with Crippen LogP contribution in [-0.4, -0.2) is 40.8 Å². The van der Waals surface area contributed by atoms with E-state index in [9.17, 15) is 9.59 Å². The molecular weight excluding hydrogens is 198 g/mol. The first-order valence-corrected chi connectivity index (χ1v) is 5.25. The molecule has 1 amide bonds. The maximum absolute atomic E-state index is 11.5. The molecule has 2 aliphatic rings. The first kappa shape index (κ1) is 10.3. The fourth-order valence-electron chi connectivity index (χ4n) is 1.68. The summed E-state index contributed by atoms with van der Waals surface area (Å²) in [6.45, 7) is 2.85. The monoisotopic (exact) mass is 213 g/mol. The molecule has 1 aliphatic carbocycles. The number of carbonyl (C=O) groups excluding carboxylic acids is 1. The van der Waals surface area contributed by atoms with E-state index >= 15 is 0 Å². The van der Waals surface area contributed by atoms with Crippen molar-refractivity contribution >= 4 is 12.1 Å². The molecule has 1 N–H and O–H groups in total. The number of carboxylic acid groups (broad SMARTS) is 1. The Morgan fingerprint density at radius 3 is 2.33 bits per heavy atom. The van der Waals surface area contributed by atoms with Crippen LogP contribution in [0.25, 0.3) is 0 Å². The molecule has 1 saturated carbocycles. The van der Waals surface area contributed by atoms with Gasteiger partial charge in [-0.25, -0.2) is 9.59 Å². The summed E-state index contributed by atoms with van der Waals surface area (Å²) in [5.74, 6) is -1.06. The molecule has 84 valence electrons. The third kappa shape index (κ3) is 1.78. The van der Waals surface area contributed by atoms with Gasteiger partial charge in [-0.05, 0) is 26.2 Å². The van der Waals surface area contributed by atoms with Crippen molar-refractivity contribution in [3.8, 4) is 0 Å². The lowest BCUT2D eigenvalue weighted by atomic mass is 10.0. The molecule has 1 atom stereocenters. The van der Waals surface area contributed by atoms with Gasteiger partial charge in [0.2, 0.25) is 5.60 Å². The lowest BCUT2D eigenvalue weighted by molar-refractivity contribution is -0.160. The smallest absolute Gasteiger partial charge is 0.410 e. The third-order valence-corrected chi connectivity index (χ3v) is 3.19. The standard InChI is InChI=1S/C10H15NO4/c1-10(8(12)13,7-3-4-7)15-9(14)11-5-2-6-11/h7H,2-6H2,1H3,(H,12,13). The van der Waals surface area contributed by atoms with Crippen LogP contribution in [0.1, 0.15) is 26.2 Å². The van der Waals surface area contributed by atoms with E-state index in [4.69, 9.17) is 9.84 Å². The van der Waals surface area contributed by atoms with Crippen molar-refractivity contribution in [3.63, 3.8) is 0 Å². The Kier molecular flexibility index (Phi) is 2.32. The molecule has 0 radical (unpaired) electrons. The molecule has 5 heteroatoms. The van der Waals surface area contributed by atoms with Crippen LogP contribution in [0.5, 0.6) is 0 Å². The first-order valence-electron chi connectivity index (χ1n) is 5.25. The number of carbonyl (C=O) groups is 2. The second kappa shape index (κ2) is 3.40. The molecule has 1 aliphatic heterocycles. The molecule has 2 rings (SSSR count). The van der Waals surface area contributed by atoms with E-state index in [0.29, 0.717) is 13.1 Å². The molecule has 2 fully saturated rings. The van der Waals surface area contributed by atoms with Gasteiger partial charge in [-0.3, -0.25) is 0 Å². The Morgan fingerprint density at radius 1 is 1.40 bits per heavy atom. The maximum atomic E-state index is 11.5. The highest BCUT2D eigenvalue weighted by atomic mass is 16.6. The average Bonchev–Trinajstić information content (AvgIpc) is 2.81. The molecule has 15 heavy (non-hydrogen) atoms. The van der Waals surface area contributed by atoms with Gasteiger partial charge in [-0.1, -0.05) is 0 Å². The molecule has 1 saturated heterocycles. The predicted molar refractivity (Wildman–Crippen MR) is 51.4 cm³/mol. The van der Waals surface area contributed by atoms with Crippen molar-refractivity contribution < 1.29 is 19.4 Å². The number of hydrogen-bond donors (Lipinski definition) is 1. The van der Waals surface area contributed by atoms with Gasteiger partial charge in [0.25, 0.3) is 0 Å². The van der Waals surface area contributed by atoms with Crippen molar-refractivity contribution in [2.75, 3.05) is 13.1 Å². The van der Waals surface area contributed by atoms with E-state index in [1.165, 1.54) is 11.8 Å². The van der Waals surface area contributed by atoms with Crippen LogP contribution >= 0.6 is 0 Å². The summed E-state index contributed by atoms with van der Waals surface area (Å²) in [4.78, 5) is 24.1. The van der Waals surface area contributed by atoms with Crippen LogP contribution < -0.4 is 0 Å². The van der Waals surface area contributed by atoms with Crippen molar-refractivity contribution in [1.29, 1.82) is 0 Å². The molecule has 0 spiro atoms. The van der Waals surface area contributed by atoms with E-state index in [0.717, 1.165) is 19.3 Å². The van der Waals surface area contributed by atoms with Crippen LogP contribution in [-0.2, 0) is 9.53 Å². The van der Waals surface area contributed by atoms with E-state index in [1.807, 2.05) is 0 Å². The zero-order valence-corrected chi connectivity index (χ0v) is 8.73. The number of ether oxygens (including phenoxy) is 1. The van der Waals surface area contributed by atoms with Gasteiger partial charge in [0, 0.05) is 19.0 Å². The summed E-state index contributed by atoms with van der Waals surface area (Å²) < 4.78 is 5.11. The van der Waals surface area contributed by atoms with E-state index < -0.39 is 17.7 Å². The minimum atomic E-state index is -1.33. The Balaban J connectivity index is 1.99. The van der Waals surface area contributed by atoms with Crippen LogP contribution in [0.4, 0.5) is 4.79 Å². The molecule has 1 unspecified atom stereocenters. The Labute approximate surface area is 88.0 Å². The second-order valence-electron chi connectivity index (χ2n) is 4.40. The minimum Gasteiger partial charge on any atom is -0.478 e. The van der Waals surface area contributed by atoms with Gasteiger partial charge in [0.05, 0.1) is 0 Å². The van der Waals surface area contributed by atoms with E-state index in [2.05, 4.69) is 0 Å². The summed E-state index contributed by atoms with van der Waals surface area (Å²) in [6.07, 6.45) is 2.15. The van der Waals surface area contributed by atoms with Gasteiger partial charge < -0.3 is 14.7 Å². The molecule has 0 aromatic carbocycles. The van der Waals surface area contributed by atoms with Crippen molar-refractivity contribution in [2.45, 2.75) is 31.8 Å². The quantitative estimate of drug-likeness (QED) is 0.761. The number of carboxylic acids is 1. The van der Waals surface area contributed by atoms with Gasteiger partial charge in [0.1, 0.15) is 0 Å². The van der Waals surface area contributed by atoms with Gasteiger partial charge in [-0.15, -0.1) is 0 Å². The Morgan fingerprint density at radius 2 is 2.00 bits per heavy atom. The predicted octanol–water partition coefficient (Wildman–Crippen LogP) is 1.08. The van der Waals surface area contributed by atoms with Gasteiger partial charge in [-0.2, -0.15) is 0 Å². The zero-order valence-electron chi connectivity index (χ0n) is 8.73. The van der Waals surface area contributed by atoms with Crippen molar-refractivity contribution in [3.05, 3.63) is 0 Å². The van der Waals surface area contributed by atoms with Crippen LogP contribution in [0, 0.1) is 5.92 Å². The number of rotatable bonds is 3. The van der Waals surface area contributed by atoms with Gasteiger partial charge >= 0.3 is 12.1 Å². The summed E-state index contributed by atoms with van der Waals surface area (Å²) in [7, 11) is 0. The summed E-state index contributed by atoms with van der Waals surface area (Å²) in [5.41, 5.74) is -1.33. The van der Waals surface area contributed by atoms with Crippen molar-refractivity contribution in [2.24, 2.45) is 5.92 Å². The van der Waals surface area contributed by atoms with E-state index in [-0.39, 0.29) is 5.92 Å². The molecule has 0 bridgehead atoms. The number of amides is 1. The molecule has 0 aromatic heterocycles. The van der Waals surface area contributed by atoms with Crippen LogP contribution in [0.15, 0.2) is 0 Å². The Hall–Kier alpha value is -1.26.